The number of carboxylic acid groups (broad SMARTS) is 1. The minimum Gasteiger partial charge on any atom is -0.480 e. The van der Waals surface area contributed by atoms with Gasteiger partial charge in [-0.1, -0.05) is 32.0 Å². The van der Waals surface area contributed by atoms with Gasteiger partial charge in [0.15, 0.2) is 6.04 Å². The first kappa shape index (κ1) is 24.9. The molecule has 0 spiro atoms. The molecule has 0 radical (unpaired) electrons. The summed E-state index contributed by atoms with van der Waals surface area (Å²) >= 11 is 0. The zero-order chi connectivity index (χ0) is 22.2. The molecule has 0 saturated carbocycles. The van der Waals surface area contributed by atoms with Crippen LogP contribution in [0.5, 0.6) is 0 Å². The fraction of sp³-hybridized carbons (Fsp3) is 0.435. The number of aliphatic carboxylic acids is 1. The van der Waals surface area contributed by atoms with Crippen molar-refractivity contribution in [3.05, 3.63) is 42.3 Å². The number of hydrogen-bond donors (Lipinski definition) is 2. The Hall–Kier alpha value is -3.11. The van der Waals surface area contributed by atoms with E-state index < -0.39 is 12.0 Å². The fourth-order valence-corrected chi connectivity index (χ4v) is 2.61. The molecule has 0 amide bonds. The first-order chi connectivity index (χ1) is 14.7. The van der Waals surface area contributed by atoms with Crippen LogP contribution in [-0.2, 0) is 11.2 Å². The number of benzene rings is 1. The minimum absolute atomic E-state index is 0.206. The Kier molecular flexibility index (Phi) is 12.3. The molecule has 0 bridgehead atoms. The number of unbranched alkanes of at least 4 members (excludes halogenated alkanes) is 2. The molecule has 0 saturated heterocycles. The summed E-state index contributed by atoms with van der Waals surface area (Å²) in [6.07, 6.45) is 6.85. The van der Waals surface area contributed by atoms with Crippen molar-refractivity contribution < 1.29 is 14.3 Å². The topological polar surface area (TPSA) is 91.0 Å². The van der Waals surface area contributed by atoms with E-state index in [0.29, 0.717) is 12.3 Å². The number of aromatic nitrogens is 1. The van der Waals surface area contributed by atoms with Crippen LogP contribution in [-0.4, -0.2) is 40.5 Å². The number of nitrogens with zero attached hydrogens (tertiary/aromatic N) is 3. The molecule has 7 heteroatoms. The fourth-order valence-electron chi connectivity index (χ4n) is 2.61. The SMILES string of the molecule is C/C=N\N(NC)C(CC#CCCCCc1coc(-c2ccccc2)n1)C(=O)O.CC. The summed E-state index contributed by atoms with van der Waals surface area (Å²) in [5.74, 6) is 5.66. The maximum Gasteiger partial charge on any atom is 0.330 e. The minimum atomic E-state index is -0.963. The highest BCUT2D eigenvalue weighted by Gasteiger charge is 2.22. The number of hydrazine groups is 1. The van der Waals surface area contributed by atoms with Crippen LogP contribution in [0.1, 0.15) is 52.1 Å². The van der Waals surface area contributed by atoms with Crippen molar-refractivity contribution in [1.82, 2.24) is 15.5 Å². The van der Waals surface area contributed by atoms with Crippen LogP contribution < -0.4 is 5.43 Å². The van der Waals surface area contributed by atoms with Crippen molar-refractivity contribution in [3.8, 4) is 23.3 Å². The molecule has 162 valence electrons. The molecule has 1 aromatic carbocycles. The standard InChI is InChI=1S/C21H26N4O3.C2H6/c1-3-23-25(22-2)19(21(26)27)15-11-6-4-5-10-14-18-16-28-20(24-18)17-12-8-7-9-13-17;1-2/h3,7-9,12-13,16,19,22H,4-5,10,14-15H2,1-2H3,(H,26,27);1-2H3/b23-3-;. The van der Waals surface area contributed by atoms with Gasteiger partial charge in [0.2, 0.25) is 5.89 Å². The average molecular weight is 413 g/mol. The normalized spacial score (nSPS) is 11.2. The smallest absolute Gasteiger partial charge is 0.330 e. The highest BCUT2D eigenvalue weighted by Crippen LogP contribution is 2.18. The molecule has 7 nitrogen and oxygen atoms in total. The second-order valence-corrected chi connectivity index (χ2v) is 6.07. The lowest BCUT2D eigenvalue weighted by Gasteiger charge is -2.22. The lowest BCUT2D eigenvalue weighted by atomic mass is 10.1. The maximum absolute atomic E-state index is 11.4. The zero-order valence-electron chi connectivity index (χ0n) is 18.3. The van der Waals surface area contributed by atoms with Gasteiger partial charge in [0.1, 0.15) is 6.26 Å². The van der Waals surface area contributed by atoms with Crippen LogP contribution in [0.3, 0.4) is 0 Å². The predicted octanol–water partition coefficient (Wildman–Crippen LogP) is 4.37. The largest absolute Gasteiger partial charge is 0.480 e. The molecule has 0 aliphatic carbocycles. The van der Waals surface area contributed by atoms with Gasteiger partial charge in [-0.15, -0.1) is 11.8 Å². The van der Waals surface area contributed by atoms with Gasteiger partial charge < -0.3 is 9.52 Å². The molecule has 0 fully saturated rings. The Balaban J connectivity index is 0.00000218. The third-order valence-electron chi connectivity index (χ3n) is 4.03. The summed E-state index contributed by atoms with van der Waals surface area (Å²) in [5.41, 5.74) is 4.65. The van der Waals surface area contributed by atoms with E-state index in [9.17, 15) is 9.90 Å². The Morgan fingerprint density at radius 2 is 2.03 bits per heavy atom. The van der Waals surface area contributed by atoms with Gasteiger partial charge in [-0.3, -0.25) is 0 Å². The number of hydrogen-bond acceptors (Lipinski definition) is 6. The molecule has 1 heterocycles. The van der Waals surface area contributed by atoms with Gasteiger partial charge >= 0.3 is 5.97 Å². The van der Waals surface area contributed by atoms with Crippen LogP contribution in [0.4, 0.5) is 0 Å². The van der Waals surface area contributed by atoms with Crippen LogP contribution in [0.15, 0.2) is 46.1 Å². The first-order valence-electron chi connectivity index (χ1n) is 10.3. The number of oxazole rings is 1. The van der Waals surface area contributed by atoms with E-state index in [1.165, 1.54) is 11.3 Å². The van der Waals surface area contributed by atoms with E-state index in [2.05, 4.69) is 27.4 Å². The summed E-state index contributed by atoms with van der Waals surface area (Å²) in [6, 6.07) is 8.99. The lowest BCUT2D eigenvalue weighted by Crippen LogP contribution is -2.44. The first-order valence-corrected chi connectivity index (χ1v) is 10.3. The Morgan fingerprint density at radius 3 is 2.67 bits per heavy atom. The van der Waals surface area contributed by atoms with Crippen molar-refractivity contribution >= 4 is 12.2 Å². The Morgan fingerprint density at radius 1 is 1.30 bits per heavy atom. The van der Waals surface area contributed by atoms with E-state index in [1.54, 1.807) is 20.2 Å². The summed E-state index contributed by atoms with van der Waals surface area (Å²) in [6.45, 7) is 5.73. The average Bonchev–Trinajstić information content (AvgIpc) is 3.25. The van der Waals surface area contributed by atoms with Gasteiger partial charge in [-0.2, -0.15) is 5.10 Å². The van der Waals surface area contributed by atoms with E-state index in [4.69, 9.17) is 4.42 Å². The van der Waals surface area contributed by atoms with Crippen LogP contribution in [0.25, 0.3) is 11.5 Å². The molecule has 2 rings (SSSR count). The van der Waals surface area contributed by atoms with Gasteiger partial charge in [-0.25, -0.2) is 20.3 Å². The van der Waals surface area contributed by atoms with Crippen LogP contribution >= 0.6 is 0 Å². The Labute approximate surface area is 179 Å². The van der Waals surface area contributed by atoms with Crippen LogP contribution in [0, 0.1) is 11.8 Å². The quantitative estimate of drug-likeness (QED) is 0.261. The molecule has 30 heavy (non-hydrogen) atoms. The third kappa shape index (κ3) is 8.50. The van der Waals surface area contributed by atoms with Crippen molar-refractivity contribution in [2.45, 2.75) is 58.9 Å². The van der Waals surface area contributed by atoms with E-state index in [-0.39, 0.29) is 6.42 Å². The maximum atomic E-state index is 11.4. The second-order valence-electron chi connectivity index (χ2n) is 6.07. The van der Waals surface area contributed by atoms with Crippen molar-refractivity contribution in [2.75, 3.05) is 7.05 Å². The molecule has 2 N–H and O–H groups in total. The number of carboxylic acids is 1. The summed E-state index contributed by atoms with van der Waals surface area (Å²) in [5, 5.41) is 14.6. The summed E-state index contributed by atoms with van der Waals surface area (Å²) < 4.78 is 5.53. The third-order valence-corrected chi connectivity index (χ3v) is 4.03. The van der Waals surface area contributed by atoms with Crippen LogP contribution in [0.2, 0.25) is 0 Å². The molecular formula is C23H32N4O3. The monoisotopic (exact) mass is 412 g/mol. The number of rotatable bonds is 10. The highest BCUT2D eigenvalue weighted by molar-refractivity contribution is 5.74. The van der Waals surface area contributed by atoms with Crippen molar-refractivity contribution in [1.29, 1.82) is 0 Å². The van der Waals surface area contributed by atoms with Gasteiger partial charge in [0, 0.05) is 31.7 Å². The predicted molar refractivity (Wildman–Crippen MR) is 120 cm³/mol. The van der Waals surface area contributed by atoms with E-state index in [1.807, 2.05) is 44.2 Å². The molecule has 0 aliphatic rings. The number of hydrazone groups is 1. The van der Waals surface area contributed by atoms with Gasteiger partial charge in [0.25, 0.3) is 0 Å². The van der Waals surface area contributed by atoms with Gasteiger partial charge in [0.05, 0.1) is 5.69 Å². The Bertz CT molecular complexity index is 822. The van der Waals surface area contributed by atoms with Crippen molar-refractivity contribution in [3.63, 3.8) is 0 Å². The van der Waals surface area contributed by atoms with Crippen molar-refractivity contribution in [2.24, 2.45) is 5.10 Å². The number of aryl methyl sites for hydroxylation is 1. The molecule has 1 atom stereocenters. The number of nitrogens with one attached hydrogen (secondary N) is 1. The van der Waals surface area contributed by atoms with Gasteiger partial charge in [-0.05, 0) is 38.3 Å². The molecular weight excluding hydrogens is 380 g/mol. The van der Waals surface area contributed by atoms with E-state index >= 15 is 0 Å². The molecule has 2 aromatic rings. The summed E-state index contributed by atoms with van der Waals surface area (Å²) in [7, 11) is 1.63. The second kappa shape index (κ2) is 14.8. The lowest BCUT2D eigenvalue weighted by molar-refractivity contribution is -0.144. The number of carbonyl (C=O) groups is 1. The highest BCUT2D eigenvalue weighted by atomic mass is 16.4. The molecule has 1 aromatic heterocycles. The van der Waals surface area contributed by atoms with E-state index in [0.717, 1.165) is 30.5 Å². The zero-order valence-corrected chi connectivity index (χ0v) is 18.3. The molecule has 1 unspecified atom stereocenters. The molecule has 0 aliphatic heterocycles. The summed E-state index contributed by atoms with van der Waals surface area (Å²) in [4.78, 5) is 15.9.